The standard InChI is InChI=1S/C14H21N3O3/c1-20-10-11-3-2-6-16(8-11)9-12-7-13(17(18)19)4-5-14(12)15/h4-5,7,11H,2-3,6,8-10,15H2,1H3. The van der Waals surface area contributed by atoms with E-state index in [1.807, 2.05) is 0 Å². The van der Waals surface area contributed by atoms with Crippen molar-refractivity contribution < 1.29 is 9.66 Å². The fourth-order valence-electron chi connectivity index (χ4n) is 2.75. The van der Waals surface area contributed by atoms with Gasteiger partial charge in [0.15, 0.2) is 0 Å². The zero-order valence-electron chi connectivity index (χ0n) is 11.7. The Balaban J connectivity index is 2.05. The number of nitro groups is 1. The molecule has 1 aromatic carbocycles. The highest BCUT2D eigenvalue weighted by Crippen LogP contribution is 2.24. The number of hydrogen-bond acceptors (Lipinski definition) is 5. The van der Waals surface area contributed by atoms with Gasteiger partial charge in [0.25, 0.3) is 5.69 Å². The number of likely N-dealkylation sites (tertiary alicyclic amines) is 1. The van der Waals surface area contributed by atoms with Crippen LogP contribution in [0.3, 0.4) is 0 Å². The van der Waals surface area contributed by atoms with Crippen molar-refractivity contribution in [2.75, 3.05) is 32.5 Å². The Hall–Kier alpha value is -1.66. The molecule has 0 spiro atoms. The molecule has 6 nitrogen and oxygen atoms in total. The van der Waals surface area contributed by atoms with E-state index in [4.69, 9.17) is 10.5 Å². The summed E-state index contributed by atoms with van der Waals surface area (Å²) in [5.41, 5.74) is 7.47. The molecular formula is C14H21N3O3. The number of nitrogens with two attached hydrogens (primary N) is 1. The molecule has 0 saturated carbocycles. The van der Waals surface area contributed by atoms with Crippen LogP contribution in [0.4, 0.5) is 11.4 Å². The maximum atomic E-state index is 10.8. The van der Waals surface area contributed by atoms with Gasteiger partial charge in [-0.15, -0.1) is 0 Å². The molecule has 0 bridgehead atoms. The van der Waals surface area contributed by atoms with E-state index in [2.05, 4.69) is 4.90 Å². The molecule has 0 radical (unpaired) electrons. The van der Waals surface area contributed by atoms with E-state index in [1.165, 1.54) is 12.5 Å². The number of anilines is 1. The second-order valence-corrected chi connectivity index (χ2v) is 5.34. The van der Waals surface area contributed by atoms with Crippen molar-refractivity contribution in [3.63, 3.8) is 0 Å². The van der Waals surface area contributed by atoms with E-state index < -0.39 is 0 Å². The first-order chi connectivity index (χ1) is 9.60. The number of non-ortho nitro benzene ring substituents is 1. The average molecular weight is 279 g/mol. The Labute approximate surface area is 118 Å². The van der Waals surface area contributed by atoms with E-state index in [-0.39, 0.29) is 10.6 Å². The Bertz CT molecular complexity index is 477. The number of hydrogen-bond donors (Lipinski definition) is 1. The summed E-state index contributed by atoms with van der Waals surface area (Å²) in [6, 6.07) is 4.64. The van der Waals surface area contributed by atoms with Gasteiger partial charge in [-0.25, -0.2) is 0 Å². The number of methoxy groups -OCH3 is 1. The molecule has 1 saturated heterocycles. The zero-order chi connectivity index (χ0) is 14.5. The highest BCUT2D eigenvalue weighted by molar-refractivity contribution is 5.52. The topological polar surface area (TPSA) is 81.6 Å². The summed E-state index contributed by atoms with van der Waals surface area (Å²) in [7, 11) is 1.72. The normalized spacial score (nSPS) is 19.9. The fourth-order valence-corrected chi connectivity index (χ4v) is 2.75. The summed E-state index contributed by atoms with van der Waals surface area (Å²) in [5, 5.41) is 10.8. The van der Waals surface area contributed by atoms with Crippen molar-refractivity contribution in [3.8, 4) is 0 Å². The lowest BCUT2D eigenvalue weighted by atomic mass is 9.98. The molecule has 1 aliphatic heterocycles. The predicted molar refractivity (Wildman–Crippen MR) is 77.4 cm³/mol. The minimum absolute atomic E-state index is 0.0969. The smallest absolute Gasteiger partial charge is 0.269 e. The van der Waals surface area contributed by atoms with Crippen LogP contribution in [0.2, 0.25) is 0 Å². The summed E-state index contributed by atoms with van der Waals surface area (Å²) in [5.74, 6) is 0.536. The van der Waals surface area contributed by atoms with Gasteiger partial charge in [-0.1, -0.05) is 0 Å². The molecule has 1 aromatic rings. The van der Waals surface area contributed by atoms with Crippen molar-refractivity contribution in [3.05, 3.63) is 33.9 Å². The second kappa shape index (κ2) is 6.67. The van der Waals surface area contributed by atoms with Gasteiger partial charge in [0.05, 0.1) is 11.5 Å². The lowest BCUT2D eigenvalue weighted by Gasteiger charge is -2.32. The third-order valence-electron chi connectivity index (χ3n) is 3.74. The van der Waals surface area contributed by atoms with Crippen LogP contribution in [0.5, 0.6) is 0 Å². The number of rotatable bonds is 5. The van der Waals surface area contributed by atoms with E-state index in [0.717, 1.165) is 31.7 Å². The maximum absolute atomic E-state index is 10.8. The highest BCUT2D eigenvalue weighted by atomic mass is 16.6. The quantitative estimate of drug-likeness (QED) is 0.506. The second-order valence-electron chi connectivity index (χ2n) is 5.34. The summed E-state index contributed by atoms with van der Waals surface area (Å²) < 4.78 is 5.21. The van der Waals surface area contributed by atoms with Crippen molar-refractivity contribution in [2.45, 2.75) is 19.4 Å². The summed E-state index contributed by atoms with van der Waals surface area (Å²) in [6.45, 7) is 3.38. The van der Waals surface area contributed by atoms with E-state index in [9.17, 15) is 10.1 Å². The molecule has 20 heavy (non-hydrogen) atoms. The number of benzene rings is 1. The summed E-state index contributed by atoms with van der Waals surface area (Å²) in [6.07, 6.45) is 2.30. The van der Waals surface area contributed by atoms with E-state index in [1.54, 1.807) is 19.2 Å². The minimum Gasteiger partial charge on any atom is -0.398 e. The molecule has 0 amide bonds. The van der Waals surface area contributed by atoms with Crippen LogP contribution in [-0.2, 0) is 11.3 Å². The van der Waals surface area contributed by atoms with Crippen LogP contribution in [0.1, 0.15) is 18.4 Å². The van der Waals surface area contributed by atoms with Crippen molar-refractivity contribution in [1.82, 2.24) is 4.90 Å². The monoisotopic (exact) mass is 279 g/mol. The summed E-state index contributed by atoms with van der Waals surface area (Å²) in [4.78, 5) is 12.7. The maximum Gasteiger partial charge on any atom is 0.269 e. The molecule has 1 heterocycles. The first-order valence-electron chi connectivity index (χ1n) is 6.84. The molecule has 2 N–H and O–H groups in total. The first kappa shape index (κ1) is 14.7. The van der Waals surface area contributed by atoms with Crippen LogP contribution in [0.15, 0.2) is 18.2 Å². The molecule has 1 unspecified atom stereocenters. The van der Waals surface area contributed by atoms with Crippen LogP contribution >= 0.6 is 0 Å². The van der Waals surface area contributed by atoms with Crippen LogP contribution in [0, 0.1) is 16.0 Å². The highest BCUT2D eigenvalue weighted by Gasteiger charge is 2.21. The molecule has 1 aliphatic rings. The number of ether oxygens (including phenoxy) is 1. The van der Waals surface area contributed by atoms with Gasteiger partial charge in [0, 0.05) is 38.0 Å². The van der Waals surface area contributed by atoms with Crippen molar-refractivity contribution in [1.29, 1.82) is 0 Å². The number of nitrogens with zero attached hydrogens (tertiary/aromatic N) is 2. The van der Waals surface area contributed by atoms with Gasteiger partial charge >= 0.3 is 0 Å². The molecule has 1 atom stereocenters. The molecule has 0 aromatic heterocycles. The van der Waals surface area contributed by atoms with E-state index in [0.29, 0.717) is 18.2 Å². The molecule has 6 heteroatoms. The molecular weight excluding hydrogens is 258 g/mol. The molecule has 2 rings (SSSR count). The van der Waals surface area contributed by atoms with Crippen LogP contribution in [-0.4, -0.2) is 36.6 Å². The molecule has 110 valence electrons. The van der Waals surface area contributed by atoms with Gasteiger partial charge in [0.1, 0.15) is 0 Å². The first-order valence-corrected chi connectivity index (χ1v) is 6.84. The van der Waals surface area contributed by atoms with Crippen LogP contribution in [0.25, 0.3) is 0 Å². The van der Waals surface area contributed by atoms with E-state index >= 15 is 0 Å². The minimum atomic E-state index is -0.382. The van der Waals surface area contributed by atoms with Gasteiger partial charge in [-0.05, 0) is 36.9 Å². The molecule has 0 aliphatic carbocycles. The summed E-state index contributed by atoms with van der Waals surface area (Å²) >= 11 is 0. The SMILES string of the molecule is COCC1CCCN(Cc2cc([N+](=O)[O-])ccc2N)C1. The van der Waals surface area contributed by atoms with Crippen LogP contribution < -0.4 is 5.73 Å². The Morgan fingerprint density at radius 1 is 1.55 bits per heavy atom. The third-order valence-corrected chi connectivity index (χ3v) is 3.74. The lowest BCUT2D eigenvalue weighted by Crippen LogP contribution is -2.36. The largest absolute Gasteiger partial charge is 0.398 e. The lowest BCUT2D eigenvalue weighted by molar-refractivity contribution is -0.384. The predicted octanol–water partition coefficient (Wildman–Crippen LogP) is 2.04. The Morgan fingerprint density at radius 2 is 2.35 bits per heavy atom. The Kier molecular flexibility index (Phi) is 4.92. The fraction of sp³-hybridized carbons (Fsp3) is 0.571. The number of nitro benzene ring substituents is 1. The molecule has 1 fully saturated rings. The average Bonchev–Trinajstić information content (AvgIpc) is 2.42. The van der Waals surface area contributed by atoms with Crippen molar-refractivity contribution >= 4 is 11.4 Å². The van der Waals surface area contributed by atoms with Gasteiger partial charge in [-0.3, -0.25) is 15.0 Å². The van der Waals surface area contributed by atoms with Gasteiger partial charge in [0.2, 0.25) is 0 Å². The van der Waals surface area contributed by atoms with Gasteiger partial charge in [-0.2, -0.15) is 0 Å². The number of nitrogen functional groups attached to an aromatic ring is 1. The van der Waals surface area contributed by atoms with Crippen molar-refractivity contribution in [2.24, 2.45) is 5.92 Å². The Morgan fingerprint density at radius 3 is 3.05 bits per heavy atom. The zero-order valence-corrected chi connectivity index (χ0v) is 11.7. The number of piperidine rings is 1. The van der Waals surface area contributed by atoms with Gasteiger partial charge < -0.3 is 10.5 Å². The third kappa shape index (κ3) is 3.68.